The first-order valence-electron chi connectivity index (χ1n) is 7.55. The highest BCUT2D eigenvalue weighted by atomic mass is 16.6. The van der Waals surface area contributed by atoms with Gasteiger partial charge in [0.25, 0.3) is 11.8 Å². The molecule has 25 heavy (non-hydrogen) atoms. The van der Waals surface area contributed by atoms with E-state index in [4.69, 9.17) is 9.47 Å². The molecule has 132 valence electrons. The highest BCUT2D eigenvalue weighted by Gasteiger charge is 2.39. The second-order valence-corrected chi connectivity index (χ2v) is 4.71. The fraction of sp³-hybridized carbons (Fsp3) is 0.250. The highest BCUT2D eigenvalue weighted by Crippen LogP contribution is 2.23. The number of anilines is 1. The first-order valence-corrected chi connectivity index (χ1v) is 7.55. The van der Waals surface area contributed by atoms with Gasteiger partial charge in [0, 0.05) is 6.08 Å². The number of nitrogens with zero attached hydrogens (tertiary/aromatic N) is 2. The van der Waals surface area contributed by atoms with Gasteiger partial charge in [0.2, 0.25) is 0 Å². The van der Waals surface area contributed by atoms with Crippen LogP contribution in [0.1, 0.15) is 13.8 Å². The van der Waals surface area contributed by atoms with Crippen molar-refractivity contribution in [1.82, 2.24) is 10.4 Å². The monoisotopic (exact) mass is 347 g/mol. The molecular formula is C16H17N3O6. The second-order valence-electron chi connectivity index (χ2n) is 4.71. The van der Waals surface area contributed by atoms with E-state index in [2.05, 4.69) is 5.43 Å². The van der Waals surface area contributed by atoms with E-state index in [-0.39, 0.29) is 18.9 Å². The summed E-state index contributed by atoms with van der Waals surface area (Å²) in [6, 6.07) is 8.19. The van der Waals surface area contributed by atoms with Crippen LogP contribution >= 0.6 is 0 Å². The normalized spacial score (nSPS) is 13.4. The summed E-state index contributed by atoms with van der Waals surface area (Å²) in [7, 11) is 0. The van der Waals surface area contributed by atoms with Gasteiger partial charge in [-0.25, -0.2) is 19.9 Å². The zero-order valence-electron chi connectivity index (χ0n) is 13.7. The van der Waals surface area contributed by atoms with E-state index in [0.29, 0.717) is 10.7 Å². The smallest absolute Gasteiger partial charge is 0.433 e. The molecule has 0 atom stereocenters. The van der Waals surface area contributed by atoms with E-state index < -0.39 is 24.0 Å². The molecule has 0 aliphatic carbocycles. The van der Waals surface area contributed by atoms with Crippen molar-refractivity contribution >= 4 is 29.7 Å². The van der Waals surface area contributed by atoms with Crippen molar-refractivity contribution in [3.8, 4) is 0 Å². The van der Waals surface area contributed by atoms with Crippen LogP contribution in [0.5, 0.6) is 0 Å². The average molecular weight is 347 g/mol. The van der Waals surface area contributed by atoms with Crippen LogP contribution in [0, 0.1) is 0 Å². The Bertz CT molecular complexity index is 716. The van der Waals surface area contributed by atoms with Gasteiger partial charge in [-0.3, -0.25) is 9.59 Å². The number of imide groups is 1. The van der Waals surface area contributed by atoms with Crippen molar-refractivity contribution in [2.45, 2.75) is 13.8 Å². The molecule has 1 heterocycles. The number of carbonyl (C=O) groups is 4. The number of carbonyl (C=O) groups excluding carboxylic acids is 4. The SMILES string of the molecule is CCOC(=O)NN(C(=O)OCC)C1=CC(=O)N(c2ccccc2)C1=O. The first kappa shape index (κ1) is 18.0. The Morgan fingerprint density at radius 3 is 2.32 bits per heavy atom. The third-order valence-corrected chi connectivity index (χ3v) is 3.09. The molecule has 0 fully saturated rings. The number of hydrogen-bond acceptors (Lipinski definition) is 6. The lowest BCUT2D eigenvalue weighted by molar-refractivity contribution is -0.121. The van der Waals surface area contributed by atoms with Crippen LogP contribution in [0.4, 0.5) is 15.3 Å². The molecular weight excluding hydrogens is 330 g/mol. The predicted molar refractivity (Wildman–Crippen MR) is 86.0 cm³/mol. The molecule has 0 aromatic heterocycles. The van der Waals surface area contributed by atoms with Crippen LogP contribution in [-0.2, 0) is 19.1 Å². The van der Waals surface area contributed by atoms with E-state index in [0.717, 1.165) is 11.0 Å². The van der Waals surface area contributed by atoms with E-state index in [1.807, 2.05) is 0 Å². The minimum Gasteiger partial charge on any atom is -0.449 e. The van der Waals surface area contributed by atoms with Gasteiger partial charge in [0.05, 0.1) is 18.9 Å². The number of ether oxygens (including phenoxy) is 2. The Morgan fingerprint density at radius 2 is 1.72 bits per heavy atom. The molecule has 4 amide bonds. The van der Waals surface area contributed by atoms with E-state index in [1.54, 1.807) is 44.2 Å². The van der Waals surface area contributed by atoms with Gasteiger partial charge in [0.15, 0.2) is 0 Å². The Morgan fingerprint density at radius 1 is 1.08 bits per heavy atom. The molecule has 1 aromatic carbocycles. The zero-order chi connectivity index (χ0) is 18.4. The molecule has 0 bridgehead atoms. The lowest BCUT2D eigenvalue weighted by atomic mass is 10.3. The second kappa shape index (κ2) is 7.95. The molecule has 9 heteroatoms. The van der Waals surface area contributed by atoms with Crippen LogP contribution in [0.25, 0.3) is 0 Å². The van der Waals surface area contributed by atoms with Gasteiger partial charge in [-0.2, -0.15) is 5.01 Å². The zero-order valence-corrected chi connectivity index (χ0v) is 13.7. The molecule has 0 saturated heterocycles. The van der Waals surface area contributed by atoms with E-state index in [9.17, 15) is 19.2 Å². The highest BCUT2D eigenvalue weighted by molar-refractivity contribution is 6.30. The van der Waals surface area contributed by atoms with Crippen molar-refractivity contribution in [3.05, 3.63) is 42.1 Å². The molecule has 0 spiro atoms. The summed E-state index contributed by atoms with van der Waals surface area (Å²) in [4.78, 5) is 49.4. The summed E-state index contributed by atoms with van der Waals surface area (Å²) >= 11 is 0. The minimum absolute atomic E-state index is 0.0116. The van der Waals surface area contributed by atoms with Crippen molar-refractivity contribution in [3.63, 3.8) is 0 Å². The molecule has 1 aromatic rings. The fourth-order valence-corrected chi connectivity index (χ4v) is 2.09. The summed E-state index contributed by atoms with van der Waals surface area (Å²) in [6.07, 6.45) is -1.04. The van der Waals surface area contributed by atoms with Gasteiger partial charge >= 0.3 is 12.2 Å². The Kier molecular flexibility index (Phi) is 5.72. The fourth-order valence-electron chi connectivity index (χ4n) is 2.09. The van der Waals surface area contributed by atoms with Crippen LogP contribution < -0.4 is 10.3 Å². The summed E-state index contributed by atoms with van der Waals surface area (Å²) in [5, 5.41) is 0.560. The van der Waals surface area contributed by atoms with Gasteiger partial charge in [0.1, 0.15) is 5.70 Å². The third-order valence-electron chi connectivity index (χ3n) is 3.09. The maximum atomic E-state index is 12.6. The lowest BCUT2D eigenvalue weighted by Gasteiger charge is -2.23. The largest absolute Gasteiger partial charge is 0.449 e. The summed E-state index contributed by atoms with van der Waals surface area (Å²) in [5.41, 5.74) is 2.09. The van der Waals surface area contributed by atoms with Crippen LogP contribution in [0.15, 0.2) is 42.1 Å². The van der Waals surface area contributed by atoms with Crippen molar-refractivity contribution < 1.29 is 28.7 Å². The Balaban J connectivity index is 2.29. The van der Waals surface area contributed by atoms with Gasteiger partial charge in [-0.1, -0.05) is 18.2 Å². The number of benzene rings is 1. The summed E-state index contributed by atoms with van der Waals surface area (Å²) in [6.45, 7) is 3.21. The molecule has 2 rings (SSSR count). The number of nitrogens with one attached hydrogen (secondary N) is 1. The van der Waals surface area contributed by atoms with Crippen LogP contribution in [-0.4, -0.2) is 42.2 Å². The number of hydrazine groups is 1. The van der Waals surface area contributed by atoms with Crippen molar-refractivity contribution in [2.75, 3.05) is 18.1 Å². The number of amides is 4. The molecule has 0 radical (unpaired) electrons. The lowest BCUT2D eigenvalue weighted by Crippen LogP contribution is -2.48. The molecule has 0 saturated carbocycles. The minimum atomic E-state index is -1.02. The molecule has 0 unspecified atom stereocenters. The Hall–Kier alpha value is -3.36. The van der Waals surface area contributed by atoms with Crippen LogP contribution in [0.2, 0.25) is 0 Å². The quantitative estimate of drug-likeness (QED) is 0.655. The van der Waals surface area contributed by atoms with Crippen molar-refractivity contribution in [2.24, 2.45) is 0 Å². The van der Waals surface area contributed by atoms with Gasteiger partial charge in [-0.05, 0) is 26.0 Å². The van der Waals surface area contributed by atoms with Crippen molar-refractivity contribution in [1.29, 1.82) is 0 Å². The van der Waals surface area contributed by atoms with E-state index >= 15 is 0 Å². The third kappa shape index (κ3) is 3.94. The first-order chi connectivity index (χ1) is 12.0. The predicted octanol–water partition coefficient (Wildman–Crippen LogP) is 1.56. The molecule has 9 nitrogen and oxygen atoms in total. The number of rotatable bonds is 4. The van der Waals surface area contributed by atoms with Gasteiger partial charge in [-0.15, -0.1) is 0 Å². The summed E-state index contributed by atoms with van der Waals surface area (Å²) in [5.74, 6) is -1.42. The standard InChI is InChI=1S/C16H17N3O6/c1-3-24-15(22)17-19(16(23)25-4-2)12-10-13(20)18(14(12)21)11-8-6-5-7-9-11/h5-10H,3-4H2,1-2H3,(H,17,22). The number of para-hydroxylation sites is 1. The van der Waals surface area contributed by atoms with Gasteiger partial charge < -0.3 is 9.47 Å². The molecule has 1 aliphatic heterocycles. The van der Waals surface area contributed by atoms with Crippen LogP contribution in [0.3, 0.4) is 0 Å². The Labute approximate surface area is 143 Å². The van der Waals surface area contributed by atoms with E-state index in [1.165, 1.54) is 0 Å². The maximum absolute atomic E-state index is 12.6. The number of hydrogen-bond donors (Lipinski definition) is 1. The average Bonchev–Trinajstić information content (AvgIpc) is 2.88. The maximum Gasteiger partial charge on any atom is 0.433 e. The molecule has 1 aliphatic rings. The topological polar surface area (TPSA) is 105 Å². The summed E-state index contributed by atoms with van der Waals surface area (Å²) < 4.78 is 9.51. The molecule has 1 N–H and O–H groups in total.